The fraction of sp³-hybridized carbons (Fsp3) is 0.115. The number of carboxylic acids is 1. The van der Waals surface area contributed by atoms with E-state index in [9.17, 15) is 9.59 Å². The summed E-state index contributed by atoms with van der Waals surface area (Å²) < 4.78 is 6.87. The summed E-state index contributed by atoms with van der Waals surface area (Å²) in [5.41, 5.74) is 2.74. The van der Waals surface area contributed by atoms with E-state index in [1.54, 1.807) is 17.0 Å². The number of likely N-dealkylation sites (N-methyl/N-ethyl adjacent to an activating group) is 1. The number of nitrogens with zero attached hydrogens (tertiary/aromatic N) is 2. The molecule has 0 aromatic heterocycles. The highest BCUT2D eigenvalue weighted by Crippen LogP contribution is 2.34. The van der Waals surface area contributed by atoms with Crippen molar-refractivity contribution in [3.05, 3.63) is 98.9 Å². The lowest BCUT2D eigenvalue weighted by molar-refractivity contribution is -0.122. The molecule has 0 unspecified atom stereocenters. The third-order valence-electron chi connectivity index (χ3n) is 5.04. The first-order chi connectivity index (χ1) is 16.4. The third kappa shape index (κ3) is 5.76. The Bertz CT molecular complexity index is 1250. The summed E-state index contributed by atoms with van der Waals surface area (Å²) in [6.45, 7) is 2.85. The van der Waals surface area contributed by atoms with Crippen molar-refractivity contribution in [3.63, 3.8) is 0 Å². The van der Waals surface area contributed by atoms with Gasteiger partial charge in [-0.25, -0.2) is 9.79 Å². The van der Waals surface area contributed by atoms with Gasteiger partial charge in [-0.15, -0.1) is 0 Å². The molecule has 3 aromatic carbocycles. The SMILES string of the molecule is CCN1C(=O)/C(=C/c2ccc(OCc3ccc(Br)cc3)cc2)SC1=Nc1ccc(C(=O)O)cc1. The topological polar surface area (TPSA) is 79.2 Å². The molecule has 6 nitrogen and oxygen atoms in total. The minimum atomic E-state index is -0.991. The number of carboxylic acid groups (broad SMARTS) is 1. The lowest BCUT2D eigenvalue weighted by Crippen LogP contribution is -2.28. The Hall–Kier alpha value is -3.36. The number of thioether (sulfide) groups is 1. The van der Waals surface area contributed by atoms with Crippen LogP contribution >= 0.6 is 27.7 Å². The molecule has 0 spiro atoms. The van der Waals surface area contributed by atoms with Gasteiger partial charge in [-0.3, -0.25) is 9.69 Å². The molecular formula is C26H21BrN2O4S. The van der Waals surface area contributed by atoms with Crippen LogP contribution in [0.15, 0.2) is 87.2 Å². The molecular weight excluding hydrogens is 516 g/mol. The number of amides is 1. The molecule has 0 bridgehead atoms. The average molecular weight is 537 g/mol. The van der Waals surface area contributed by atoms with E-state index in [1.165, 1.54) is 23.9 Å². The number of carbonyl (C=O) groups excluding carboxylic acids is 1. The molecule has 0 radical (unpaired) electrons. The van der Waals surface area contributed by atoms with Crippen LogP contribution in [0.1, 0.15) is 28.4 Å². The second-order valence-electron chi connectivity index (χ2n) is 7.39. The number of benzene rings is 3. The lowest BCUT2D eigenvalue weighted by Gasteiger charge is -2.12. The minimum Gasteiger partial charge on any atom is -0.489 e. The van der Waals surface area contributed by atoms with Crippen molar-refractivity contribution in [1.82, 2.24) is 4.90 Å². The molecule has 3 aromatic rings. The molecule has 8 heteroatoms. The molecule has 1 saturated heterocycles. The lowest BCUT2D eigenvalue weighted by atomic mass is 10.2. The van der Waals surface area contributed by atoms with Gasteiger partial charge < -0.3 is 9.84 Å². The van der Waals surface area contributed by atoms with Crippen LogP contribution in [0.25, 0.3) is 6.08 Å². The maximum atomic E-state index is 12.9. The Kier molecular flexibility index (Phi) is 7.49. The predicted molar refractivity (Wildman–Crippen MR) is 138 cm³/mol. The van der Waals surface area contributed by atoms with Crippen molar-refractivity contribution < 1.29 is 19.4 Å². The van der Waals surface area contributed by atoms with Crippen LogP contribution < -0.4 is 4.74 Å². The zero-order valence-electron chi connectivity index (χ0n) is 18.3. The van der Waals surface area contributed by atoms with Gasteiger partial charge in [0.2, 0.25) is 0 Å². The van der Waals surface area contributed by atoms with Crippen molar-refractivity contribution in [1.29, 1.82) is 0 Å². The van der Waals surface area contributed by atoms with E-state index in [-0.39, 0.29) is 11.5 Å². The van der Waals surface area contributed by atoms with Gasteiger partial charge in [-0.2, -0.15) is 0 Å². The number of aromatic carboxylic acids is 1. The van der Waals surface area contributed by atoms with Crippen molar-refractivity contribution in [3.8, 4) is 5.75 Å². The number of ether oxygens (including phenoxy) is 1. The summed E-state index contributed by atoms with van der Waals surface area (Å²) >= 11 is 4.72. The Morgan fingerprint density at radius 1 is 1.06 bits per heavy atom. The van der Waals surface area contributed by atoms with Crippen LogP contribution in [0, 0.1) is 0 Å². The van der Waals surface area contributed by atoms with E-state index in [0.717, 1.165) is 21.3 Å². The monoisotopic (exact) mass is 536 g/mol. The van der Waals surface area contributed by atoms with Crippen LogP contribution in [0.5, 0.6) is 5.75 Å². The molecule has 0 saturated carbocycles. The largest absolute Gasteiger partial charge is 0.489 e. The second kappa shape index (κ2) is 10.7. The number of hydrogen-bond acceptors (Lipinski definition) is 5. The van der Waals surface area contributed by atoms with E-state index in [0.29, 0.717) is 28.9 Å². The summed E-state index contributed by atoms with van der Waals surface area (Å²) in [6, 6.07) is 21.8. The Balaban J connectivity index is 1.46. The van der Waals surface area contributed by atoms with Gasteiger partial charge in [0, 0.05) is 11.0 Å². The Morgan fingerprint density at radius 2 is 1.74 bits per heavy atom. The summed E-state index contributed by atoms with van der Waals surface area (Å²) in [7, 11) is 0. The first kappa shape index (κ1) is 23.8. The molecule has 1 heterocycles. The maximum absolute atomic E-state index is 12.9. The van der Waals surface area contributed by atoms with Gasteiger partial charge in [-0.05, 0) is 84.4 Å². The minimum absolute atomic E-state index is 0.107. The second-order valence-corrected chi connectivity index (χ2v) is 9.32. The standard InChI is InChI=1S/C26H21BrN2O4S/c1-2-29-24(30)23(34-26(29)28-21-11-7-19(8-12-21)25(31)32)15-17-5-13-22(14-6-17)33-16-18-3-9-20(27)10-4-18/h3-15H,2,16H2,1H3,(H,31,32)/b23-15-,28-26?. The first-order valence-electron chi connectivity index (χ1n) is 10.5. The van der Waals surface area contributed by atoms with Crippen LogP contribution in [0.4, 0.5) is 5.69 Å². The highest BCUT2D eigenvalue weighted by molar-refractivity contribution is 9.10. The Labute approximate surface area is 210 Å². The Morgan fingerprint density at radius 3 is 2.35 bits per heavy atom. The van der Waals surface area contributed by atoms with Gasteiger partial charge >= 0.3 is 5.97 Å². The average Bonchev–Trinajstić information content (AvgIpc) is 3.13. The van der Waals surface area contributed by atoms with E-state index >= 15 is 0 Å². The highest BCUT2D eigenvalue weighted by Gasteiger charge is 2.32. The number of carbonyl (C=O) groups is 2. The van der Waals surface area contributed by atoms with Crippen LogP contribution in [-0.2, 0) is 11.4 Å². The fourth-order valence-corrected chi connectivity index (χ4v) is 4.54. The van der Waals surface area contributed by atoms with Crippen molar-refractivity contribution >= 4 is 56.5 Å². The quantitative estimate of drug-likeness (QED) is 0.356. The van der Waals surface area contributed by atoms with E-state index in [1.807, 2.05) is 61.5 Å². The summed E-state index contributed by atoms with van der Waals surface area (Å²) in [6.07, 6.45) is 1.84. The van der Waals surface area contributed by atoms with Crippen LogP contribution in [0.3, 0.4) is 0 Å². The molecule has 34 heavy (non-hydrogen) atoms. The zero-order chi connectivity index (χ0) is 24.1. The van der Waals surface area contributed by atoms with Gasteiger partial charge in [0.05, 0.1) is 16.2 Å². The van der Waals surface area contributed by atoms with Crippen LogP contribution in [0.2, 0.25) is 0 Å². The van der Waals surface area contributed by atoms with Crippen molar-refractivity contribution in [2.75, 3.05) is 6.54 Å². The molecule has 1 fully saturated rings. The molecule has 1 N–H and O–H groups in total. The molecule has 1 aliphatic heterocycles. The third-order valence-corrected chi connectivity index (χ3v) is 6.58. The van der Waals surface area contributed by atoms with Crippen molar-refractivity contribution in [2.45, 2.75) is 13.5 Å². The van der Waals surface area contributed by atoms with E-state index in [4.69, 9.17) is 9.84 Å². The summed E-state index contributed by atoms with van der Waals surface area (Å²) in [5, 5.41) is 9.61. The summed E-state index contributed by atoms with van der Waals surface area (Å²) in [4.78, 5) is 30.7. The number of halogens is 1. The van der Waals surface area contributed by atoms with Crippen LogP contribution in [-0.4, -0.2) is 33.6 Å². The van der Waals surface area contributed by atoms with Crippen molar-refractivity contribution in [2.24, 2.45) is 4.99 Å². The molecule has 0 aliphatic carbocycles. The smallest absolute Gasteiger partial charge is 0.335 e. The molecule has 1 aliphatic rings. The predicted octanol–water partition coefficient (Wildman–Crippen LogP) is 6.35. The fourth-order valence-electron chi connectivity index (χ4n) is 3.22. The van der Waals surface area contributed by atoms with Gasteiger partial charge in [0.25, 0.3) is 5.91 Å². The number of hydrogen-bond donors (Lipinski definition) is 1. The molecule has 1 amide bonds. The normalized spacial score (nSPS) is 15.8. The van der Waals surface area contributed by atoms with E-state index in [2.05, 4.69) is 20.9 Å². The van der Waals surface area contributed by atoms with Gasteiger partial charge in [0.15, 0.2) is 5.17 Å². The number of aliphatic imine (C=N–C) groups is 1. The molecule has 4 rings (SSSR count). The molecule has 0 atom stereocenters. The highest BCUT2D eigenvalue weighted by atomic mass is 79.9. The van der Waals surface area contributed by atoms with Gasteiger partial charge in [0.1, 0.15) is 12.4 Å². The summed E-state index contributed by atoms with van der Waals surface area (Å²) in [5.74, 6) is -0.351. The van der Waals surface area contributed by atoms with E-state index < -0.39 is 5.97 Å². The van der Waals surface area contributed by atoms with Gasteiger partial charge in [-0.1, -0.05) is 40.2 Å². The first-order valence-corrected chi connectivity index (χ1v) is 12.1. The molecule has 172 valence electrons. The number of amidine groups is 1. The zero-order valence-corrected chi connectivity index (χ0v) is 20.7. The maximum Gasteiger partial charge on any atom is 0.335 e. The number of rotatable bonds is 7.